The summed E-state index contributed by atoms with van der Waals surface area (Å²) in [5.74, 6) is 0.754. The molecule has 0 saturated carbocycles. The maximum Gasteiger partial charge on any atom is 0.243 e. The van der Waals surface area contributed by atoms with Gasteiger partial charge >= 0.3 is 0 Å². The Kier molecular flexibility index (Phi) is 5.68. The van der Waals surface area contributed by atoms with Gasteiger partial charge < -0.3 is 15.0 Å². The molecule has 1 unspecified atom stereocenters. The van der Waals surface area contributed by atoms with Gasteiger partial charge in [0.05, 0.1) is 7.11 Å². The van der Waals surface area contributed by atoms with Gasteiger partial charge in [0, 0.05) is 36.8 Å². The second kappa shape index (κ2) is 8.57. The zero-order valence-electron chi connectivity index (χ0n) is 18.0. The average molecular weight is 415 g/mol. The summed E-state index contributed by atoms with van der Waals surface area (Å²) >= 11 is 0. The van der Waals surface area contributed by atoms with Crippen LogP contribution in [0, 0.1) is 0 Å². The molecule has 7 nitrogen and oxygen atoms in total. The molecule has 2 heterocycles. The number of hydrogen-bond donors (Lipinski definition) is 2. The number of aromatic nitrogens is 3. The Morgan fingerprint density at radius 1 is 1.10 bits per heavy atom. The van der Waals surface area contributed by atoms with Crippen molar-refractivity contribution in [3.8, 4) is 28.1 Å². The van der Waals surface area contributed by atoms with E-state index in [1.807, 2.05) is 54.7 Å². The quantitative estimate of drug-likeness (QED) is 0.502. The molecule has 2 aromatic heterocycles. The number of carbonyl (C=O) groups excluding carboxylic acids is 1. The topological polar surface area (TPSA) is 83.1 Å². The fourth-order valence-electron chi connectivity index (χ4n) is 3.70. The van der Waals surface area contributed by atoms with Crippen LogP contribution in [0.25, 0.3) is 33.4 Å². The first-order chi connectivity index (χ1) is 15.0. The molecule has 4 aromatic rings. The Bertz CT molecular complexity index is 1230. The number of likely N-dealkylation sites (N-methyl/N-ethyl adjacent to an activating group) is 2. The molecule has 0 bridgehead atoms. The van der Waals surface area contributed by atoms with Gasteiger partial charge in [0.2, 0.25) is 5.91 Å². The predicted molar refractivity (Wildman–Crippen MR) is 122 cm³/mol. The number of amides is 1. The Balaban J connectivity index is 1.79. The lowest BCUT2D eigenvalue weighted by Gasteiger charge is -2.20. The zero-order chi connectivity index (χ0) is 22.0. The van der Waals surface area contributed by atoms with Gasteiger partial charge in [-0.05, 0) is 42.4 Å². The van der Waals surface area contributed by atoms with Gasteiger partial charge in [0.1, 0.15) is 17.5 Å². The molecule has 0 aliphatic rings. The minimum atomic E-state index is -0.412. The van der Waals surface area contributed by atoms with Gasteiger partial charge in [-0.15, -0.1) is 0 Å². The first-order valence-electron chi connectivity index (χ1n) is 9.99. The van der Waals surface area contributed by atoms with Crippen LogP contribution in [0.1, 0.15) is 11.6 Å². The van der Waals surface area contributed by atoms with E-state index < -0.39 is 6.04 Å². The maximum absolute atomic E-state index is 12.6. The fourth-order valence-corrected chi connectivity index (χ4v) is 3.70. The lowest BCUT2D eigenvalue weighted by atomic mass is 9.98. The highest BCUT2D eigenvalue weighted by Crippen LogP contribution is 2.34. The molecule has 4 rings (SSSR count). The molecule has 2 N–H and O–H groups in total. The predicted octanol–water partition coefficient (Wildman–Crippen LogP) is 3.65. The van der Waals surface area contributed by atoms with Gasteiger partial charge in [-0.1, -0.05) is 30.3 Å². The first-order valence-corrected chi connectivity index (χ1v) is 9.99. The number of pyridine rings is 1. The van der Waals surface area contributed by atoms with Crippen molar-refractivity contribution < 1.29 is 9.53 Å². The summed E-state index contributed by atoms with van der Waals surface area (Å²) in [7, 11) is 6.95. The van der Waals surface area contributed by atoms with Crippen LogP contribution in [0.5, 0.6) is 5.75 Å². The number of nitrogens with zero attached hydrogens (tertiary/aromatic N) is 3. The molecule has 31 heavy (non-hydrogen) atoms. The van der Waals surface area contributed by atoms with Crippen molar-refractivity contribution in [2.75, 3.05) is 28.3 Å². The number of aromatic amines is 1. The minimum Gasteiger partial charge on any atom is -0.496 e. The molecule has 0 aliphatic heterocycles. The molecular weight excluding hydrogens is 390 g/mol. The molecule has 158 valence electrons. The number of ether oxygens (including phenoxy) is 1. The summed E-state index contributed by atoms with van der Waals surface area (Å²) in [6.07, 6.45) is 1.81. The third-order valence-electron chi connectivity index (χ3n) is 5.31. The van der Waals surface area contributed by atoms with E-state index in [1.54, 1.807) is 33.2 Å². The normalized spacial score (nSPS) is 12.0. The van der Waals surface area contributed by atoms with E-state index in [0.29, 0.717) is 5.65 Å². The highest BCUT2D eigenvalue weighted by molar-refractivity contribution is 5.94. The van der Waals surface area contributed by atoms with Crippen LogP contribution in [-0.4, -0.2) is 54.2 Å². The third kappa shape index (κ3) is 3.87. The summed E-state index contributed by atoms with van der Waals surface area (Å²) in [4.78, 5) is 18.7. The smallest absolute Gasteiger partial charge is 0.243 e. The summed E-state index contributed by atoms with van der Waals surface area (Å²) in [5.41, 5.74) is 5.21. The van der Waals surface area contributed by atoms with Crippen molar-refractivity contribution in [2.24, 2.45) is 0 Å². The standard InChI is InChI=1S/C24H25N5O2/c1-25-21(24(30)29(2)3)16-9-7-8-15(12-16)17-13-19-22(27-28-23(19)26-14-17)18-10-5-6-11-20(18)31-4/h5-14,21,25H,1-4H3,(H,26,27,28). The van der Waals surface area contributed by atoms with Crippen LogP contribution in [0.2, 0.25) is 0 Å². The van der Waals surface area contributed by atoms with Gasteiger partial charge in [0.15, 0.2) is 5.65 Å². The number of hydrogen-bond acceptors (Lipinski definition) is 5. The van der Waals surface area contributed by atoms with E-state index >= 15 is 0 Å². The number of rotatable bonds is 6. The van der Waals surface area contributed by atoms with Crippen molar-refractivity contribution in [3.05, 3.63) is 66.4 Å². The zero-order valence-corrected chi connectivity index (χ0v) is 18.0. The van der Waals surface area contributed by atoms with E-state index in [2.05, 4.69) is 26.6 Å². The molecular formula is C24H25N5O2. The number of benzene rings is 2. The van der Waals surface area contributed by atoms with Gasteiger partial charge in [-0.25, -0.2) is 4.98 Å². The lowest BCUT2D eigenvalue weighted by Crippen LogP contribution is -2.35. The van der Waals surface area contributed by atoms with Crippen molar-refractivity contribution in [3.63, 3.8) is 0 Å². The minimum absolute atomic E-state index is 0.00141. The van der Waals surface area contributed by atoms with Crippen molar-refractivity contribution >= 4 is 16.9 Å². The van der Waals surface area contributed by atoms with Crippen LogP contribution in [0.15, 0.2) is 60.8 Å². The fraction of sp³-hybridized carbons (Fsp3) is 0.208. The van der Waals surface area contributed by atoms with Crippen LogP contribution >= 0.6 is 0 Å². The molecule has 0 fully saturated rings. The average Bonchev–Trinajstić information content (AvgIpc) is 3.22. The number of fused-ring (bicyclic) bond motifs is 1. The molecule has 1 amide bonds. The summed E-state index contributed by atoms with van der Waals surface area (Å²) in [6, 6.07) is 17.4. The first kappa shape index (κ1) is 20.6. The Hall–Kier alpha value is -3.71. The monoisotopic (exact) mass is 415 g/mol. The number of carbonyl (C=O) groups is 1. The highest BCUT2D eigenvalue weighted by Gasteiger charge is 2.21. The second-order valence-electron chi connectivity index (χ2n) is 7.47. The molecule has 2 aromatic carbocycles. The molecule has 0 aliphatic carbocycles. The molecule has 0 saturated heterocycles. The molecule has 0 spiro atoms. The van der Waals surface area contributed by atoms with E-state index in [9.17, 15) is 4.79 Å². The molecule has 0 radical (unpaired) electrons. The molecule has 7 heteroatoms. The third-order valence-corrected chi connectivity index (χ3v) is 5.31. The van der Waals surface area contributed by atoms with Gasteiger partial charge in [0.25, 0.3) is 0 Å². The number of methoxy groups -OCH3 is 1. The van der Waals surface area contributed by atoms with E-state index in [0.717, 1.165) is 39.1 Å². The highest BCUT2D eigenvalue weighted by atomic mass is 16.5. The van der Waals surface area contributed by atoms with Crippen LogP contribution < -0.4 is 10.1 Å². The Morgan fingerprint density at radius 3 is 2.65 bits per heavy atom. The number of para-hydroxylation sites is 1. The lowest BCUT2D eigenvalue weighted by molar-refractivity contribution is -0.130. The number of H-pyrrole nitrogens is 1. The van der Waals surface area contributed by atoms with Crippen LogP contribution in [0.4, 0.5) is 0 Å². The van der Waals surface area contributed by atoms with Crippen molar-refractivity contribution in [1.82, 2.24) is 25.4 Å². The Labute approximate surface area is 181 Å². The van der Waals surface area contributed by atoms with E-state index in [-0.39, 0.29) is 5.91 Å². The van der Waals surface area contributed by atoms with Crippen LogP contribution in [-0.2, 0) is 4.79 Å². The summed E-state index contributed by atoms with van der Waals surface area (Å²) in [5, 5.41) is 11.5. The van der Waals surface area contributed by atoms with Crippen LogP contribution in [0.3, 0.4) is 0 Å². The summed E-state index contributed by atoms with van der Waals surface area (Å²) < 4.78 is 5.51. The van der Waals surface area contributed by atoms with Gasteiger partial charge in [-0.2, -0.15) is 5.10 Å². The van der Waals surface area contributed by atoms with E-state index in [4.69, 9.17) is 4.74 Å². The van der Waals surface area contributed by atoms with Crippen molar-refractivity contribution in [1.29, 1.82) is 0 Å². The summed E-state index contributed by atoms with van der Waals surface area (Å²) in [6.45, 7) is 0. The number of nitrogens with one attached hydrogen (secondary N) is 2. The van der Waals surface area contributed by atoms with E-state index in [1.165, 1.54) is 0 Å². The van der Waals surface area contributed by atoms with Gasteiger partial charge in [-0.3, -0.25) is 9.89 Å². The van der Waals surface area contributed by atoms with Crippen molar-refractivity contribution in [2.45, 2.75) is 6.04 Å². The Morgan fingerprint density at radius 2 is 1.90 bits per heavy atom. The largest absolute Gasteiger partial charge is 0.496 e. The maximum atomic E-state index is 12.6. The SMILES string of the molecule is CNC(C(=O)N(C)C)c1cccc(-c2cnc3[nH]nc(-c4ccccc4OC)c3c2)c1. The second-order valence-corrected chi connectivity index (χ2v) is 7.47. The molecule has 1 atom stereocenters.